The van der Waals surface area contributed by atoms with Crippen molar-refractivity contribution in [1.29, 1.82) is 0 Å². The van der Waals surface area contributed by atoms with Crippen molar-refractivity contribution in [3.8, 4) is 0 Å². The molecule has 1 aliphatic rings. The van der Waals surface area contributed by atoms with Gasteiger partial charge in [0.15, 0.2) is 0 Å². The molecule has 0 saturated carbocycles. The van der Waals surface area contributed by atoms with Crippen LogP contribution in [-0.4, -0.2) is 30.8 Å². The van der Waals surface area contributed by atoms with E-state index in [1.54, 1.807) is 6.08 Å². The average Bonchev–Trinajstić information content (AvgIpc) is 2.14. The van der Waals surface area contributed by atoms with Crippen molar-refractivity contribution < 1.29 is 23.8 Å². The number of hydrogen-bond acceptors (Lipinski definition) is 5. The predicted molar refractivity (Wildman–Crippen MR) is 50.8 cm³/mol. The smallest absolute Gasteiger partial charge is 0.303 e. The highest BCUT2D eigenvalue weighted by atomic mass is 16.6. The second kappa shape index (κ2) is 5.38. The second-order valence-corrected chi connectivity index (χ2v) is 3.27. The summed E-state index contributed by atoms with van der Waals surface area (Å²) in [6.07, 6.45) is 3.08. The molecule has 5 nitrogen and oxygen atoms in total. The molecule has 1 aliphatic heterocycles. The van der Waals surface area contributed by atoms with Crippen molar-refractivity contribution in [2.24, 2.45) is 0 Å². The van der Waals surface area contributed by atoms with Crippen LogP contribution in [0.1, 0.15) is 20.3 Å². The van der Waals surface area contributed by atoms with Crippen molar-refractivity contribution in [1.82, 2.24) is 0 Å². The summed E-state index contributed by atoms with van der Waals surface area (Å²) in [5.41, 5.74) is 0. The molecule has 0 aromatic rings. The monoisotopic (exact) mass is 214 g/mol. The van der Waals surface area contributed by atoms with E-state index in [-0.39, 0.29) is 30.8 Å². The fourth-order valence-corrected chi connectivity index (χ4v) is 1.26. The first kappa shape index (κ1) is 11.6. The zero-order valence-corrected chi connectivity index (χ0v) is 8.76. The summed E-state index contributed by atoms with van der Waals surface area (Å²) in [4.78, 5) is 21.3. The van der Waals surface area contributed by atoms with Gasteiger partial charge < -0.3 is 14.2 Å². The SMILES string of the molecule is CC(=O)OCC1C[C@H](OC(C)=O)C=CO1. The molecule has 0 aromatic carbocycles. The maximum absolute atomic E-state index is 10.7. The molecule has 0 radical (unpaired) electrons. The number of rotatable bonds is 3. The molecule has 0 bridgehead atoms. The van der Waals surface area contributed by atoms with Gasteiger partial charge in [0.05, 0.1) is 6.26 Å². The minimum atomic E-state index is -0.350. The number of ether oxygens (including phenoxy) is 3. The standard InChI is InChI=1S/C10H14O5/c1-7(11)14-6-10-5-9(3-4-13-10)15-8(2)12/h3-4,9-10H,5-6H2,1-2H3/t9-,10?/m1/s1. The predicted octanol–water partition coefficient (Wildman–Crippen LogP) is 0.784. The van der Waals surface area contributed by atoms with Gasteiger partial charge in [-0.15, -0.1) is 0 Å². The highest BCUT2D eigenvalue weighted by Crippen LogP contribution is 2.14. The van der Waals surface area contributed by atoms with Gasteiger partial charge in [0, 0.05) is 20.3 Å². The Kier molecular flexibility index (Phi) is 4.15. The summed E-state index contributed by atoms with van der Waals surface area (Å²) in [6.45, 7) is 2.87. The molecule has 84 valence electrons. The van der Waals surface area contributed by atoms with Crippen molar-refractivity contribution in [3.63, 3.8) is 0 Å². The molecule has 1 heterocycles. The Morgan fingerprint density at radius 2 is 2.13 bits per heavy atom. The molecule has 0 fully saturated rings. The molecule has 5 heteroatoms. The zero-order chi connectivity index (χ0) is 11.3. The van der Waals surface area contributed by atoms with Gasteiger partial charge in [-0.3, -0.25) is 9.59 Å². The molecule has 2 atom stereocenters. The van der Waals surface area contributed by atoms with Crippen LogP contribution in [0.3, 0.4) is 0 Å². The van der Waals surface area contributed by atoms with Crippen LogP contribution >= 0.6 is 0 Å². The minimum Gasteiger partial charge on any atom is -0.495 e. The van der Waals surface area contributed by atoms with E-state index in [0.717, 1.165) is 0 Å². The van der Waals surface area contributed by atoms with E-state index >= 15 is 0 Å². The lowest BCUT2D eigenvalue weighted by Crippen LogP contribution is -2.29. The van der Waals surface area contributed by atoms with Crippen LogP contribution in [0.25, 0.3) is 0 Å². The van der Waals surface area contributed by atoms with Gasteiger partial charge in [-0.2, -0.15) is 0 Å². The fourth-order valence-electron chi connectivity index (χ4n) is 1.26. The van der Waals surface area contributed by atoms with Crippen LogP contribution in [0, 0.1) is 0 Å². The highest BCUT2D eigenvalue weighted by molar-refractivity contribution is 5.66. The van der Waals surface area contributed by atoms with Crippen LogP contribution in [0.4, 0.5) is 0 Å². The second-order valence-electron chi connectivity index (χ2n) is 3.27. The number of carbonyl (C=O) groups excluding carboxylic acids is 2. The maximum atomic E-state index is 10.7. The van der Waals surface area contributed by atoms with Crippen LogP contribution in [0.2, 0.25) is 0 Å². The molecule has 1 rings (SSSR count). The Hall–Kier alpha value is -1.52. The van der Waals surface area contributed by atoms with Gasteiger partial charge in [0.2, 0.25) is 0 Å². The summed E-state index contributed by atoms with van der Waals surface area (Å²) in [5, 5.41) is 0. The Morgan fingerprint density at radius 1 is 1.40 bits per heavy atom. The normalized spacial score (nSPS) is 24.1. The molecule has 15 heavy (non-hydrogen) atoms. The molecule has 0 spiro atoms. The van der Waals surface area contributed by atoms with Crippen molar-refractivity contribution in [2.45, 2.75) is 32.5 Å². The molecule has 0 aliphatic carbocycles. The van der Waals surface area contributed by atoms with Gasteiger partial charge in [-0.1, -0.05) is 0 Å². The van der Waals surface area contributed by atoms with Crippen molar-refractivity contribution in [2.75, 3.05) is 6.61 Å². The molecule has 0 amide bonds. The molecule has 1 unspecified atom stereocenters. The quantitative estimate of drug-likeness (QED) is 0.650. The summed E-state index contributed by atoms with van der Waals surface area (Å²) >= 11 is 0. The lowest BCUT2D eigenvalue weighted by molar-refractivity contribution is -0.150. The van der Waals surface area contributed by atoms with E-state index in [9.17, 15) is 9.59 Å². The van der Waals surface area contributed by atoms with Gasteiger partial charge in [0.25, 0.3) is 0 Å². The van der Waals surface area contributed by atoms with Crippen LogP contribution in [0.5, 0.6) is 0 Å². The number of hydrogen-bond donors (Lipinski definition) is 0. The fraction of sp³-hybridized carbons (Fsp3) is 0.600. The third kappa shape index (κ3) is 4.49. The van der Waals surface area contributed by atoms with Gasteiger partial charge in [0.1, 0.15) is 18.8 Å². The number of esters is 2. The van der Waals surface area contributed by atoms with Crippen LogP contribution in [-0.2, 0) is 23.8 Å². The Balaban J connectivity index is 2.35. The Labute approximate surface area is 88.0 Å². The minimum absolute atomic E-state index is 0.178. The first-order valence-electron chi connectivity index (χ1n) is 4.70. The largest absolute Gasteiger partial charge is 0.495 e. The molecule has 0 aromatic heterocycles. The molecule has 0 N–H and O–H groups in total. The zero-order valence-electron chi connectivity index (χ0n) is 8.76. The topological polar surface area (TPSA) is 61.8 Å². The third-order valence-electron chi connectivity index (χ3n) is 1.85. The number of carbonyl (C=O) groups is 2. The third-order valence-corrected chi connectivity index (χ3v) is 1.85. The molecular weight excluding hydrogens is 200 g/mol. The maximum Gasteiger partial charge on any atom is 0.303 e. The van der Waals surface area contributed by atoms with Crippen LogP contribution in [0.15, 0.2) is 12.3 Å². The average molecular weight is 214 g/mol. The summed E-state index contributed by atoms with van der Waals surface area (Å²) in [5.74, 6) is -0.685. The van der Waals surface area contributed by atoms with Gasteiger partial charge in [-0.25, -0.2) is 0 Å². The lowest BCUT2D eigenvalue weighted by Gasteiger charge is -2.24. The van der Waals surface area contributed by atoms with E-state index in [1.165, 1.54) is 20.1 Å². The summed E-state index contributed by atoms with van der Waals surface area (Å²) in [7, 11) is 0. The molecular formula is C10H14O5. The van der Waals surface area contributed by atoms with Crippen molar-refractivity contribution in [3.05, 3.63) is 12.3 Å². The van der Waals surface area contributed by atoms with E-state index in [4.69, 9.17) is 14.2 Å². The Morgan fingerprint density at radius 3 is 2.73 bits per heavy atom. The van der Waals surface area contributed by atoms with E-state index in [0.29, 0.717) is 6.42 Å². The molecule has 0 saturated heterocycles. The van der Waals surface area contributed by atoms with Crippen molar-refractivity contribution >= 4 is 11.9 Å². The lowest BCUT2D eigenvalue weighted by atomic mass is 10.1. The van der Waals surface area contributed by atoms with E-state index in [1.807, 2.05) is 0 Å². The highest BCUT2D eigenvalue weighted by Gasteiger charge is 2.22. The first-order chi connectivity index (χ1) is 7.08. The summed E-state index contributed by atoms with van der Waals surface area (Å²) < 4.78 is 15.0. The Bertz CT molecular complexity index is 271. The van der Waals surface area contributed by atoms with Crippen LogP contribution < -0.4 is 0 Å². The summed E-state index contributed by atoms with van der Waals surface area (Å²) in [6, 6.07) is 0. The van der Waals surface area contributed by atoms with E-state index in [2.05, 4.69) is 0 Å². The van der Waals surface area contributed by atoms with E-state index < -0.39 is 0 Å². The van der Waals surface area contributed by atoms with Gasteiger partial charge >= 0.3 is 11.9 Å². The first-order valence-corrected chi connectivity index (χ1v) is 4.70. The van der Waals surface area contributed by atoms with Gasteiger partial charge in [-0.05, 0) is 6.08 Å².